The summed E-state index contributed by atoms with van der Waals surface area (Å²) < 4.78 is 10.1. The van der Waals surface area contributed by atoms with Gasteiger partial charge in [-0.1, -0.05) is 0 Å². The molecule has 3 unspecified atom stereocenters. The summed E-state index contributed by atoms with van der Waals surface area (Å²) >= 11 is 0. The first-order chi connectivity index (χ1) is 10.5. The first-order valence-electron chi connectivity index (χ1n) is 6.99. The van der Waals surface area contributed by atoms with Crippen LogP contribution in [0.25, 0.3) is 0 Å². The average Bonchev–Trinajstić information content (AvgIpc) is 2.50. The lowest BCUT2D eigenvalue weighted by atomic mass is 10.1. The molecule has 3 atom stereocenters. The Morgan fingerprint density at radius 3 is 2.14 bits per heavy atom. The van der Waals surface area contributed by atoms with Crippen LogP contribution in [0.3, 0.4) is 0 Å². The maximum absolute atomic E-state index is 11.7. The van der Waals surface area contributed by atoms with Crippen LogP contribution in [0.4, 0.5) is 0 Å². The van der Waals surface area contributed by atoms with Crippen LogP contribution in [-0.4, -0.2) is 82.2 Å². The van der Waals surface area contributed by atoms with Crippen molar-refractivity contribution in [3.05, 3.63) is 0 Å². The minimum absolute atomic E-state index is 0.0555. The van der Waals surface area contributed by atoms with Gasteiger partial charge in [-0.15, -0.1) is 0 Å². The van der Waals surface area contributed by atoms with Crippen LogP contribution in [0.1, 0.15) is 25.7 Å². The van der Waals surface area contributed by atoms with Crippen molar-refractivity contribution in [1.82, 2.24) is 0 Å². The predicted molar refractivity (Wildman–Crippen MR) is 73.0 cm³/mol. The first kappa shape index (κ1) is 20.7. The molecule has 0 aliphatic carbocycles. The number of hydrogen-bond donors (Lipinski definition) is 5. The molecule has 5 N–H and O–H groups in total. The third-order valence-corrected chi connectivity index (χ3v) is 2.82. The lowest BCUT2D eigenvalue weighted by Crippen LogP contribution is -2.46. The Hall–Kier alpha value is -1.26. The third kappa shape index (κ3) is 8.90. The number of aliphatic hydroxyl groups is 4. The van der Waals surface area contributed by atoms with Gasteiger partial charge in [0.2, 0.25) is 0 Å². The van der Waals surface area contributed by atoms with Crippen molar-refractivity contribution in [2.24, 2.45) is 0 Å². The van der Waals surface area contributed by atoms with Crippen LogP contribution in [0.15, 0.2) is 0 Å². The van der Waals surface area contributed by atoms with E-state index in [1.165, 1.54) is 0 Å². The standard InChI is InChI=1S/C13H24O9/c14-5-6-21-10(8-16)13(9(17)7-15)22-12(20)4-2-1-3-11(18)19/h9-10,13-17H,1-8H2,(H,18,19). The molecular formula is C13H24O9. The summed E-state index contributed by atoms with van der Waals surface area (Å²) in [5.41, 5.74) is 0. The number of unbranched alkanes of at least 4 members (excludes halogenated alkanes) is 1. The fourth-order valence-electron chi connectivity index (χ4n) is 1.72. The van der Waals surface area contributed by atoms with E-state index in [9.17, 15) is 19.8 Å². The molecule has 0 spiro atoms. The molecule has 9 nitrogen and oxygen atoms in total. The second-order valence-corrected chi connectivity index (χ2v) is 4.62. The summed E-state index contributed by atoms with van der Waals surface area (Å²) in [6, 6.07) is 0. The van der Waals surface area contributed by atoms with E-state index in [0.717, 1.165) is 0 Å². The van der Waals surface area contributed by atoms with Gasteiger partial charge in [0.25, 0.3) is 0 Å². The second-order valence-electron chi connectivity index (χ2n) is 4.62. The molecule has 130 valence electrons. The number of carbonyl (C=O) groups is 2. The van der Waals surface area contributed by atoms with E-state index >= 15 is 0 Å². The Morgan fingerprint density at radius 2 is 1.64 bits per heavy atom. The van der Waals surface area contributed by atoms with Crippen LogP contribution in [0.5, 0.6) is 0 Å². The Balaban J connectivity index is 4.43. The molecule has 0 heterocycles. The molecule has 0 saturated heterocycles. The zero-order chi connectivity index (χ0) is 17.0. The molecule has 0 fully saturated rings. The zero-order valence-corrected chi connectivity index (χ0v) is 12.3. The highest BCUT2D eigenvalue weighted by molar-refractivity contribution is 5.70. The molecule has 0 aromatic rings. The van der Waals surface area contributed by atoms with E-state index < -0.39 is 43.5 Å². The van der Waals surface area contributed by atoms with Gasteiger partial charge in [0.05, 0.1) is 26.4 Å². The van der Waals surface area contributed by atoms with Gasteiger partial charge in [0, 0.05) is 12.8 Å². The van der Waals surface area contributed by atoms with Crippen molar-refractivity contribution in [3.8, 4) is 0 Å². The Kier molecular flexibility index (Phi) is 11.6. The van der Waals surface area contributed by atoms with Crippen LogP contribution in [-0.2, 0) is 19.1 Å². The molecule has 0 radical (unpaired) electrons. The molecule has 0 aliphatic heterocycles. The zero-order valence-electron chi connectivity index (χ0n) is 12.3. The van der Waals surface area contributed by atoms with E-state index in [-0.39, 0.29) is 26.1 Å². The minimum atomic E-state index is -1.45. The number of aliphatic carboxylic acids is 1. The molecule has 22 heavy (non-hydrogen) atoms. The van der Waals surface area contributed by atoms with Crippen molar-refractivity contribution in [2.75, 3.05) is 26.4 Å². The van der Waals surface area contributed by atoms with Crippen LogP contribution < -0.4 is 0 Å². The topological polar surface area (TPSA) is 154 Å². The highest BCUT2D eigenvalue weighted by Crippen LogP contribution is 2.12. The maximum Gasteiger partial charge on any atom is 0.306 e. The molecule has 0 rings (SSSR count). The molecule has 0 aromatic heterocycles. The normalized spacial score (nSPS) is 15.1. The highest BCUT2D eigenvalue weighted by Gasteiger charge is 2.32. The van der Waals surface area contributed by atoms with E-state index in [0.29, 0.717) is 12.8 Å². The van der Waals surface area contributed by atoms with Gasteiger partial charge in [0.1, 0.15) is 12.2 Å². The van der Waals surface area contributed by atoms with Crippen molar-refractivity contribution in [1.29, 1.82) is 0 Å². The fraction of sp³-hybridized carbons (Fsp3) is 0.846. The number of hydrogen-bond acceptors (Lipinski definition) is 8. The SMILES string of the molecule is O=C(O)CCCCC(=O)OC(C(O)CO)C(CO)OCCO. The monoisotopic (exact) mass is 324 g/mol. The second kappa shape index (κ2) is 12.3. The Labute approximate surface area is 128 Å². The van der Waals surface area contributed by atoms with Gasteiger partial charge in [-0.2, -0.15) is 0 Å². The van der Waals surface area contributed by atoms with Crippen molar-refractivity contribution in [3.63, 3.8) is 0 Å². The average molecular weight is 324 g/mol. The number of aliphatic hydroxyl groups excluding tert-OH is 4. The first-order valence-corrected chi connectivity index (χ1v) is 6.99. The fourth-order valence-corrected chi connectivity index (χ4v) is 1.72. The van der Waals surface area contributed by atoms with Gasteiger partial charge in [0.15, 0.2) is 6.10 Å². The third-order valence-electron chi connectivity index (χ3n) is 2.82. The van der Waals surface area contributed by atoms with Crippen molar-refractivity contribution >= 4 is 11.9 Å². The molecular weight excluding hydrogens is 300 g/mol. The predicted octanol–water partition coefficient (Wildman–Crippen LogP) is -1.73. The highest BCUT2D eigenvalue weighted by atomic mass is 16.6. The molecule has 0 aliphatic rings. The summed E-state index contributed by atoms with van der Waals surface area (Å²) in [7, 11) is 0. The number of carbonyl (C=O) groups excluding carboxylic acids is 1. The molecule has 0 bridgehead atoms. The van der Waals surface area contributed by atoms with Crippen LogP contribution in [0, 0.1) is 0 Å². The molecule has 0 saturated carbocycles. The van der Waals surface area contributed by atoms with E-state index in [1.54, 1.807) is 0 Å². The summed E-state index contributed by atoms with van der Waals surface area (Å²) in [5, 5.41) is 45.0. The summed E-state index contributed by atoms with van der Waals surface area (Å²) in [6.07, 6.45) is -3.32. The van der Waals surface area contributed by atoms with Gasteiger partial charge >= 0.3 is 11.9 Å². The van der Waals surface area contributed by atoms with Crippen LogP contribution >= 0.6 is 0 Å². The van der Waals surface area contributed by atoms with Gasteiger partial charge in [-0.05, 0) is 12.8 Å². The largest absolute Gasteiger partial charge is 0.481 e. The van der Waals surface area contributed by atoms with Gasteiger partial charge in [-0.3, -0.25) is 9.59 Å². The summed E-state index contributed by atoms with van der Waals surface area (Å²) in [4.78, 5) is 22.0. The quantitative estimate of drug-likeness (QED) is 0.196. The van der Waals surface area contributed by atoms with E-state index in [2.05, 4.69) is 0 Å². The molecule has 9 heteroatoms. The van der Waals surface area contributed by atoms with E-state index in [1.807, 2.05) is 0 Å². The van der Waals surface area contributed by atoms with Gasteiger partial charge in [-0.25, -0.2) is 0 Å². The van der Waals surface area contributed by atoms with Crippen molar-refractivity contribution < 1.29 is 44.6 Å². The summed E-state index contributed by atoms with van der Waals surface area (Å²) in [5.74, 6) is -1.66. The van der Waals surface area contributed by atoms with Crippen LogP contribution in [0.2, 0.25) is 0 Å². The van der Waals surface area contributed by atoms with Gasteiger partial charge < -0.3 is 35.0 Å². The Bertz CT molecular complexity index is 321. The lowest BCUT2D eigenvalue weighted by Gasteiger charge is -2.28. The maximum atomic E-state index is 11.7. The number of ether oxygens (including phenoxy) is 2. The molecule has 0 amide bonds. The number of carboxylic acids is 1. The van der Waals surface area contributed by atoms with E-state index in [4.69, 9.17) is 24.8 Å². The lowest BCUT2D eigenvalue weighted by molar-refractivity contribution is -0.176. The molecule has 0 aromatic carbocycles. The number of esters is 1. The number of rotatable bonds is 13. The summed E-state index contributed by atoms with van der Waals surface area (Å²) in [6.45, 7) is -1.72. The minimum Gasteiger partial charge on any atom is -0.481 e. The Morgan fingerprint density at radius 1 is 1.00 bits per heavy atom. The van der Waals surface area contributed by atoms with Crippen molar-refractivity contribution in [2.45, 2.75) is 44.0 Å². The smallest absolute Gasteiger partial charge is 0.306 e. The number of carboxylic acid groups (broad SMARTS) is 1.